The molecule has 0 saturated carbocycles. The van der Waals surface area contributed by atoms with Crippen LogP contribution in [0, 0.1) is 0 Å². The van der Waals surface area contributed by atoms with E-state index in [0.29, 0.717) is 0 Å². The molecule has 5 rings (SSSR count). The molecule has 5 aromatic carbocycles. The van der Waals surface area contributed by atoms with Crippen molar-refractivity contribution < 1.29 is 4.48 Å². The molecular formula is C44H56BN. The molecule has 0 aromatic heterocycles. The van der Waals surface area contributed by atoms with Gasteiger partial charge in [-0.2, -0.15) is 16.4 Å². The summed E-state index contributed by atoms with van der Waals surface area (Å²) in [5.41, 5.74) is 7.02. The van der Waals surface area contributed by atoms with Gasteiger partial charge in [0.15, 0.2) is 0 Å². The van der Waals surface area contributed by atoms with Crippen LogP contribution in [-0.2, 0) is 12.9 Å². The van der Waals surface area contributed by atoms with E-state index in [4.69, 9.17) is 0 Å². The molecular weight excluding hydrogens is 553 g/mol. The second-order valence-corrected chi connectivity index (χ2v) is 13.2. The van der Waals surface area contributed by atoms with Crippen LogP contribution in [0.5, 0.6) is 0 Å². The first-order valence-corrected chi connectivity index (χ1v) is 17.9. The number of nitrogens with zero attached hydrogens (tertiary/aromatic N) is 1. The summed E-state index contributed by atoms with van der Waals surface area (Å²) in [5, 5.41) is 0. The number of rotatable bonds is 16. The molecule has 240 valence electrons. The van der Waals surface area contributed by atoms with Crippen molar-refractivity contribution in [3.63, 3.8) is 0 Å². The van der Waals surface area contributed by atoms with Crippen molar-refractivity contribution in [1.82, 2.24) is 0 Å². The maximum absolute atomic E-state index is 2.32. The zero-order chi connectivity index (χ0) is 32.3. The maximum atomic E-state index is 2.32. The summed E-state index contributed by atoms with van der Waals surface area (Å²) >= 11 is 0. The topological polar surface area (TPSA) is 0 Å². The van der Waals surface area contributed by atoms with Gasteiger partial charge >= 0.3 is 0 Å². The number of quaternary nitrogens is 1. The quantitative estimate of drug-likeness (QED) is 0.0773. The fraction of sp³-hybridized carbons (Fsp3) is 0.318. The largest absolute Gasteiger partial charge is 0.320 e. The van der Waals surface area contributed by atoms with E-state index in [1.54, 1.807) is 0 Å². The third-order valence-electron chi connectivity index (χ3n) is 9.81. The average molecular weight is 610 g/mol. The zero-order valence-corrected chi connectivity index (χ0v) is 28.7. The molecule has 0 radical (unpaired) electrons. The summed E-state index contributed by atoms with van der Waals surface area (Å²) in [6.45, 7) is 12.2. The van der Waals surface area contributed by atoms with Crippen LogP contribution in [0.4, 0.5) is 0 Å². The molecule has 0 spiro atoms. The van der Waals surface area contributed by atoms with Gasteiger partial charge in [0.2, 0.25) is 0 Å². The van der Waals surface area contributed by atoms with E-state index < -0.39 is 6.15 Å². The number of unbranched alkanes of at least 4 members (excludes halogenated alkanes) is 3. The second-order valence-electron chi connectivity index (χ2n) is 13.2. The summed E-state index contributed by atoms with van der Waals surface area (Å²) in [5.74, 6) is 0. The monoisotopic (exact) mass is 609 g/mol. The van der Waals surface area contributed by atoms with Gasteiger partial charge in [-0.1, -0.05) is 197 Å². The molecule has 0 aliphatic rings. The molecule has 0 aliphatic carbocycles. The van der Waals surface area contributed by atoms with Gasteiger partial charge < -0.3 is 4.48 Å². The Balaban J connectivity index is 0.000000217. The number of hydrogen-bond acceptors (Lipinski definition) is 0. The number of benzene rings is 5. The Hall–Kier alpha value is -3.88. The van der Waals surface area contributed by atoms with Gasteiger partial charge in [-0.25, -0.2) is 0 Å². The predicted octanol–water partition coefficient (Wildman–Crippen LogP) is 9.34. The first-order valence-electron chi connectivity index (χ1n) is 17.9. The van der Waals surface area contributed by atoms with Gasteiger partial charge in [0, 0.05) is 5.56 Å². The third kappa shape index (κ3) is 9.81. The van der Waals surface area contributed by atoms with Crippen molar-refractivity contribution in [2.24, 2.45) is 0 Å². The first-order chi connectivity index (χ1) is 22.7. The molecule has 1 nitrogen and oxygen atoms in total. The Bertz CT molecular complexity index is 1350. The van der Waals surface area contributed by atoms with E-state index in [1.165, 1.54) is 96.7 Å². The van der Waals surface area contributed by atoms with Gasteiger partial charge in [-0.3, -0.25) is 0 Å². The molecule has 5 aromatic rings. The molecule has 0 amide bonds. The third-order valence-corrected chi connectivity index (χ3v) is 9.81. The highest BCUT2D eigenvalue weighted by Crippen LogP contribution is 2.20. The minimum absolute atomic E-state index is 0.985. The lowest BCUT2D eigenvalue weighted by Crippen LogP contribution is -2.68. The standard InChI is InChI=1S/C25H22B.C19H34N/c1-5-13-22(14-6-1)21-26(23-15-7-2-8-16-23,24-17-9-3-10-18-24)25-19-11-4-12-20-25;1-4-7-15-20(16-8-5-2,17-9-6-3)18-19-13-11-10-12-14-19/h1-20H,21H2;10-14H,4-9,15-18H2,1-3H3/q-1;+1. The molecule has 0 heterocycles. The smallest absolute Gasteiger partial charge is 0.104 e. The van der Waals surface area contributed by atoms with Crippen molar-refractivity contribution in [2.75, 3.05) is 19.6 Å². The SMILES string of the molecule is CCCC[N+](CCCC)(CCCC)Cc1ccccc1.c1ccc(C[B-](c2ccccc2)(c2ccccc2)c2ccccc2)cc1. The van der Waals surface area contributed by atoms with Gasteiger partial charge in [-0.15, -0.1) is 6.32 Å². The minimum atomic E-state index is -1.09. The number of hydrogen-bond donors (Lipinski definition) is 0. The minimum Gasteiger partial charge on any atom is -0.320 e. The van der Waals surface area contributed by atoms with E-state index in [-0.39, 0.29) is 0 Å². The Morgan fingerprint density at radius 3 is 1.02 bits per heavy atom. The van der Waals surface area contributed by atoms with Crippen molar-refractivity contribution in [1.29, 1.82) is 0 Å². The summed E-state index contributed by atoms with van der Waals surface area (Å²) < 4.78 is 1.31. The average Bonchev–Trinajstić information content (AvgIpc) is 3.13. The predicted molar refractivity (Wildman–Crippen MR) is 204 cm³/mol. The van der Waals surface area contributed by atoms with Crippen LogP contribution in [0.25, 0.3) is 0 Å². The lowest BCUT2D eigenvalue weighted by molar-refractivity contribution is -0.941. The molecule has 0 atom stereocenters. The van der Waals surface area contributed by atoms with Crippen LogP contribution < -0.4 is 16.4 Å². The van der Waals surface area contributed by atoms with Crippen LogP contribution in [0.15, 0.2) is 152 Å². The summed E-state index contributed by atoms with van der Waals surface area (Å²) in [6, 6.07) is 54.9. The lowest BCUT2D eigenvalue weighted by atomic mass is 9.14. The molecule has 0 saturated heterocycles. The van der Waals surface area contributed by atoms with Crippen molar-refractivity contribution in [3.05, 3.63) is 163 Å². The normalized spacial score (nSPS) is 11.5. The highest BCUT2D eigenvalue weighted by atomic mass is 15.3. The molecule has 2 heteroatoms. The second kappa shape index (κ2) is 18.9. The van der Waals surface area contributed by atoms with Crippen LogP contribution >= 0.6 is 0 Å². The van der Waals surface area contributed by atoms with E-state index >= 15 is 0 Å². The summed E-state index contributed by atoms with van der Waals surface area (Å²) in [4.78, 5) is 0. The Kier molecular flexibility index (Phi) is 14.4. The molecule has 0 fully saturated rings. The van der Waals surface area contributed by atoms with Crippen molar-refractivity contribution >= 4 is 22.5 Å². The summed E-state index contributed by atoms with van der Waals surface area (Å²) in [6.07, 6.45) is 7.91. The van der Waals surface area contributed by atoms with Crippen molar-refractivity contribution in [2.45, 2.75) is 72.2 Å². The molecule has 0 aliphatic heterocycles. The molecule has 0 bridgehead atoms. The van der Waals surface area contributed by atoms with E-state index in [9.17, 15) is 0 Å². The van der Waals surface area contributed by atoms with Crippen molar-refractivity contribution in [3.8, 4) is 0 Å². The highest BCUT2D eigenvalue weighted by molar-refractivity contribution is 7.11. The molecule has 46 heavy (non-hydrogen) atoms. The fourth-order valence-electron chi connectivity index (χ4n) is 7.27. The van der Waals surface area contributed by atoms with Crippen LogP contribution in [0.3, 0.4) is 0 Å². The van der Waals surface area contributed by atoms with Crippen LogP contribution in [-0.4, -0.2) is 30.3 Å². The van der Waals surface area contributed by atoms with Crippen LogP contribution in [0.1, 0.15) is 70.4 Å². The Labute approximate surface area is 280 Å². The Morgan fingerprint density at radius 2 is 0.696 bits per heavy atom. The maximum Gasteiger partial charge on any atom is 0.104 e. The fourth-order valence-corrected chi connectivity index (χ4v) is 7.27. The summed E-state index contributed by atoms with van der Waals surface area (Å²) in [7, 11) is 0. The lowest BCUT2D eigenvalue weighted by Gasteiger charge is -2.43. The Morgan fingerprint density at radius 1 is 0.391 bits per heavy atom. The van der Waals surface area contributed by atoms with Gasteiger partial charge in [0.25, 0.3) is 0 Å². The highest BCUT2D eigenvalue weighted by Gasteiger charge is 2.30. The van der Waals surface area contributed by atoms with E-state index in [1.807, 2.05) is 0 Å². The van der Waals surface area contributed by atoms with E-state index in [0.717, 1.165) is 6.32 Å². The van der Waals surface area contributed by atoms with Gasteiger partial charge in [-0.05, 0) is 19.3 Å². The van der Waals surface area contributed by atoms with Gasteiger partial charge in [0.05, 0.1) is 25.8 Å². The molecule has 0 N–H and O–H groups in total. The van der Waals surface area contributed by atoms with E-state index in [2.05, 4.69) is 172 Å². The zero-order valence-electron chi connectivity index (χ0n) is 28.7. The van der Waals surface area contributed by atoms with Crippen LogP contribution in [0.2, 0.25) is 0 Å². The molecule has 0 unspecified atom stereocenters. The van der Waals surface area contributed by atoms with Gasteiger partial charge in [0.1, 0.15) is 6.54 Å². The first kappa shape index (κ1) is 35.0.